The molecule has 0 atom stereocenters. The predicted molar refractivity (Wildman–Crippen MR) is 104 cm³/mol. The average Bonchev–Trinajstić information content (AvgIpc) is 2.74. The fourth-order valence-electron chi connectivity index (χ4n) is 2.13. The van der Waals surface area contributed by atoms with Gasteiger partial charge >= 0.3 is 0 Å². The van der Waals surface area contributed by atoms with E-state index in [9.17, 15) is 13.2 Å². The largest absolute Gasteiger partial charge is 0.291 e. The summed E-state index contributed by atoms with van der Waals surface area (Å²) in [6.07, 6.45) is 2.58. The monoisotopic (exact) mass is 416 g/mol. The number of hydrazine groups is 1. The minimum Gasteiger partial charge on any atom is -0.282 e. The molecule has 2 aromatic carbocycles. The number of azide groups is 1. The summed E-state index contributed by atoms with van der Waals surface area (Å²) in [5.41, 5.74) is 9.79. The van der Waals surface area contributed by atoms with Crippen LogP contribution in [0.2, 0.25) is 0 Å². The topological polar surface area (TPSA) is 189 Å². The molecule has 1 amide bonds. The molecule has 0 spiro atoms. The molecular weight excluding hydrogens is 400 g/mol. The summed E-state index contributed by atoms with van der Waals surface area (Å²) in [4.78, 5) is 17.7. The van der Waals surface area contributed by atoms with Crippen molar-refractivity contribution in [3.63, 3.8) is 0 Å². The van der Waals surface area contributed by atoms with E-state index in [1.54, 1.807) is 12.1 Å². The number of carbonyl (C=O) groups excluding carboxylic acids is 1. The van der Waals surface area contributed by atoms with Crippen LogP contribution < -0.4 is 16.2 Å². The van der Waals surface area contributed by atoms with Gasteiger partial charge in [0.15, 0.2) is 0 Å². The molecule has 0 aliphatic carbocycles. The molecule has 0 radical (unpaired) electrons. The van der Waals surface area contributed by atoms with Gasteiger partial charge in [0.1, 0.15) is 0 Å². The predicted octanol–water partition coefficient (Wildman–Crippen LogP) is 2.36. The molecule has 0 aliphatic rings. The van der Waals surface area contributed by atoms with Crippen molar-refractivity contribution in [3.8, 4) is 0 Å². The van der Waals surface area contributed by atoms with Crippen LogP contribution in [0.4, 0.5) is 5.69 Å². The number of anilines is 1. The summed E-state index contributed by atoms with van der Waals surface area (Å²) >= 11 is 0. The standard InChI is InChI=1S/C16H16N8O4S/c17-22-20-11-13-3-8-15(9-4-13)29(26,27)24(18)14-6-1-12(2-7-14)5-10-16(25)21-23-28-19/h1-10H,11,18-19H2/b10-5+,23-21?. The molecule has 2 rings (SSSR count). The third-order valence-corrected chi connectivity index (χ3v) is 5.15. The van der Waals surface area contributed by atoms with Gasteiger partial charge in [0.25, 0.3) is 15.9 Å². The molecule has 0 unspecified atom stereocenters. The zero-order chi connectivity index (χ0) is 21.3. The molecule has 2 aromatic rings. The number of hydrogen-bond acceptors (Lipinski definition) is 8. The molecule has 0 saturated carbocycles. The van der Waals surface area contributed by atoms with Crippen LogP contribution in [-0.4, -0.2) is 14.3 Å². The van der Waals surface area contributed by atoms with E-state index in [2.05, 4.69) is 31.3 Å². The van der Waals surface area contributed by atoms with Crippen LogP contribution in [0.5, 0.6) is 0 Å². The fraction of sp³-hybridized carbons (Fsp3) is 0.0625. The summed E-state index contributed by atoms with van der Waals surface area (Å²) in [7, 11) is -4.00. The number of amides is 1. The Balaban J connectivity index is 2.15. The van der Waals surface area contributed by atoms with Crippen LogP contribution in [0.1, 0.15) is 11.1 Å². The van der Waals surface area contributed by atoms with Crippen molar-refractivity contribution >= 4 is 27.7 Å². The first-order valence-electron chi connectivity index (χ1n) is 7.87. The molecule has 150 valence electrons. The quantitative estimate of drug-likeness (QED) is 0.166. The lowest BCUT2D eigenvalue weighted by Gasteiger charge is -2.19. The zero-order valence-corrected chi connectivity index (χ0v) is 15.7. The molecule has 29 heavy (non-hydrogen) atoms. The van der Waals surface area contributed by atoms with Gasteiger partial charge in [0.05, 0.1) is 22.4 Å². The highest BCUT2D eigenvalue weighted by Gasteiger charge is 2.22. The van der Waals surface area contributed by atoms with Crippen LogP contribution in [0.3, 0.4) is 0 Å². The van der Waals surface area contributed by atoms with Gasteiger partial charge in [-0.1, -0.05) is 34.5 Å². The zero-order valence-electron chi connectivity index (χ0n) is 14.9. The van der Waals surface area contributed by atoms with E-state index in [-0.39, 0.29) is 17.1 Å². The molecule has 4 N–H and O–H groups in total. The van der Waals surface area contributed by atoms with Crippen molar-refractivity contribution in [2.24, 2.45) is 27.2 Å². The van der Waals surface area contributed by atoms with Crippen molar-refractivity contribution in [1.82, 2.24) is 0 Å². The Labute approximate surface area is 165 Å². The average molecular weight is 416 g/mol. The summed E-state index contributed by atoms with van der Waals surface area (Å²) in [5.74, 6) is 9.73. The van der Waals surface area contributed by atoms with Crippen LogP contribution in [0.25, 0.3) is 16.5 Å². The number of carbonyl (C=O) groups is 1. The van der Waals surface area contributed by atoms with Gasteiger partial charge < -0.3 is 0 Å². The Kier molecular flexibility index (Phi) is 7.40. The van der Waals surface area contributed by atoms with Crippen LogP contribution in [-0.2, 0) is 26.3 Å². The summed E-state index contributed by atoms with van der Waals surface area (Å²) in [5, 5.41) is 9.41. The lowest BCUT2D eigenvalue weighted by atomic mass is 10.2. The van der Waals surface area contributed by atoms with Crippen molar-refractivity contribution in [2.75, 3.05) is 4.41 Å². The Morgan fingerprint density at radius 2 is 1.83 bits per heavy atom. The normalized spacial score (nSPS) is 11.4. The second-order valence-electron chi connectivity index (χ2n) is 5.38. The van der Waals surface area contributed by atoms with Gasteiger partial charge in [-0.15, -0.1) is 5.90 Å². The van der Waals surface area contributed by atoms with Gasteiger partial charge in [-0.25, -0.2) is 10.3 Å². The second-order valence-corrected chi connectivity index (χ2v) is 7.20. The third kappa shape index (κ3) is 5.85. The van der Waals surface area contributed by atoms with Gasteiger partial charge in [-0.05, 0) is 47.0 Å². The highest BCUT2D eigenvalue weighted by atomic mass is 32.2. The van der Waals surface area contributed by atoms with Crippen molar-refractivity contribution in [2.45, 2.75) is 11.4 Å². The molecule has 0 saturated heterocycles. The first kappa shape index (κ1) is 21.5. The van der Waals surface area contributed by atoms with Gasteiger partial charge in [-0.3, -0.25) is 9.73 Å². The maximum atomic E-state index is 12.7. The highest BCUT2D eigenvalue weighted by Crippen LogP contribution is 2.22. The molecular formula is C16H16N8O4S. The van der Waals surface area contributed by atoms with Crippen molar-refractivity contribution in [3.05, 3.63) is 76.2 Å². The lowest BCUT2D eigenvalue weighted by molar-refractivity contribution is -0.114. The molecule has 0 bridgehead atoms. The Hall–Kier alpha value is -3.77. The first-order valence-corrected chi connectivity index (χ1v) is 9.31. The Morgan fingerprint density at radius 3 is 2.41 bits per heavy atom. The van der Waals surface area contributed by atoms with Gasteiger partial charge in [0, 0.05) is 11.0 Å². The Bertz CT molecular complexity index is 1060. The number of rotatable bonds is 8. The van der Waals surface area contributed by atoms with Gasteiger partial charge in [0.2, 0.25) is 0 Å². The third-order valence-electron chi connectivity index (χ3n) is 3.55. The molecule has 0 aliphatic heterocycles. The number of sulfonamides is 1. The number of nitrogens with zero attached hydrogens (tertiary/aromatic N) is 6. The minimum atomic E-state index is -4.00. The molecule has 12 nitrogen and oxygen atoms in total. The summed E-state index contributed by atoms with van der Waals surface area (Å²) in [6.45, 7) is 0.112. The van der Waals surface area contributed by atoms with Gasteiger partial charge in [-0.2, -0.15) is 8.42 Å². The maximum absolute atomic E-state index is 12.7. The Morgan fingerprint density at radius 1 is 1.17 bits per heavy atom. The number of nitrogens with two attached hydrogens (primary N) is 2. The number of benzene rings is 2. The van der Waals surface area contributed by atoms with Crippen molar-refractivity contribution in [1.29, 1.82) is 0 Å². The van der Waals surface area contributed by atoms with E-state index in [0.29, 0.717) is 15.5 Å². The maximum Gasteiger partial charge on any atom is 0.291 e. The molecule has 0 fully saturated rings. The smallest absolute Gasteiger partial charge is 0.282 e. The second kappa shape index (κ2) is 9.96. The minimum absolute atomic E-state index is 0.0215. The molecule has 0 aromatic heterocycles. The van der Waals surface area contributed by atoms with E-state index in [1.165, 1.54) is 42.5 Å². The summed E-state index contributed by atoms with van der Waals surface area (Å²) < 4.78 is 26.0. The van der Waals surface area contributed by atoms with E-state index in [1.807, 2.05) is 0 Å². The fourth-order valence-corrected chi connectivity index (χ4v) is 3.24. The van der Waals surface area contributed by atoms with Crippen LogP contribution >= 0.6 is 0 Å². The molecule has 13 heteroatoms. The molecule has 0 heterocycles. The van der Waals surface area contributed by atoms with E-state index < -0.39 is 15.9 Å². The van der Waals surface area contributed by atoms with Crippen molar-refractivity contribution < 1.29 is 18.2 Å². The first-order chi connectivity index (χ1) is 13.9. The summed E-state index contributed by atoms with van der Waals surface area (Å²) in [6, 6.07) is 11.9. The van der Waals surface area contributed by atoms with Crippen LogP contribution in [0, 0.1) is 0 Å². The van der Waals surface area contributed by atoms with E-state index in [0.717, 1.165) is 6.08 Å². The highest BCUT2D eigenvalue weighted by molar-refractivity contribution is 7.92. The lowest BCUT2D eigenvalue weighted by Crippen LogP contribution is -2.37. The van der Waals surface area contributed by atoms with E-state index >= 15 is 0 Å². The van der Waals surface area contributed by atoms with Crippen LogP contribution in [0.15, 0.2) is 75.0 Å². The van der Waals surface area contributed by atoms with E-state index in [4.69, 9.17) is 11.4 Å². The SMILES string of the molecule is [N-]=[N+]=NCc1ccc(S(=O)(=O)N(N)c2ccc(/C=C/C(=O)N=NON)cc2)cc1. The number of hydrogen-bond donors (Lipinski definition) is 2.